The average molecular weight is 263 g/mol. The highest BCUT2D eigenvalue weighted by atomic mass is 16.4. The largest absolute Gasteiger partial charge is 0.481 e. The molecule has 106 valence electrons. The number of hydrogen-bond donors (Lipinski definition) is 2. The van der Waals surface area contributed by atoms with Crippen molar-refractivity contribution in [3.63, 3.8) is 0 Å². The fraction of sp³-hybridized carbons (Fsp3) is 0.562. The van der Waals surface area contributed by atoms with Crippen LogP contribution < -0.4 is 5.32 Å². The van der Waals surface area contributed by atoms with Gasteiger partial charge in [-0.1, -0.05) is 24.3 Å². The fourth-order valence-corrected chi connectivity index (χ4v) is 1.98. The average Bonchev–Trinajstić information content (AvgIpc) is 2.31. The summed E-state index contributed by atoms with van der Waals surface area (Å²) < 4.78 is 0. The number of aliphatic carboxylic acids is 1. The van der Waals surface area contributed by atoms with E-state index in [-0.39, 0.29) is 0 Å². The van der Waals surface area contributed by atoms with E-state index in [4.69, 9.17) is 5.11 Å². The Hall–Kier alpha value is -1.35. The Labute approximate surface area is 116 Å². The first-order valence-electron chi connectivity index (χ1n) is 6.84. The van der Waals surface area contributed by atoms with Gasteiger partial charge in [-0.15, -0.1) is 0 Å². The molecule has 0 fully saturated rings. The highest BCUT2D eigenvalue weighted by molar-refractivity contribution is 5.73. The molecule has 1 atom stereocenters. The molecule has 0 aliphatic rings. The Morgan fingerprint density at radius 3 is 2.58 bits per heavy atom. The van der Waals surface area contributed by atoms with Crippen LogP contribution in [0.4, 0.5) is 0 Å². The maximum Gasteiger partial charge on any atom is 0.309 e. The molecule has 0 aliphatic carbocycles. The maximum absolute atomic E-state index is 11.0. The second-order valence-electron chi connectivity index (χ2n) is 5.92. The van der Waals surface area contributed by atoms with E-state index in [1.54, 1.807) is 13.8 Å². The third kappa shape index (κ3) is 5.03. The zero-order valence-electron chi connectivity index (χ0n) is 12.4. The number of benzene rings is 1. The minimum atomic E-state index is -0.735. The minimum absolute atomic E-state index is 0.352. The summed E-state index contributed by atoms with van der Waals surface area (Å²) in [5.74, 6) is -0.735. The number of nitrogens with one attached hydrogen (secondary N) is 1. The molecular formula is C16H25NO2. The second kappa shape index (κ2) is 6.71. The summed E-state index contributed by atoms with van der Waals surface area (Å²) in [6.45, 7) is 8.52. The van der Waals surface area contributed by atoms with E-state index in [0.717, 1.165) is 13.0 Å². The van der Waals surface area contributed by atoms with Gasteiger partial charge in [0.1, 0.15) is 0 Å². The summed E-state index contributed by atoms with van der Waals surface area (Å²) in [4.78, 5) is 11.0. The first kappa shape index (κ1) is 15.7. The topological polar surface area (TPSA) is 49.3 Å². The molecule has 19 heavy (non-hydrogen) atoms. The van der Waals surface area contributed by atoms with Crippen LogP contribution in [0.2, 0.25) is 0 Å². The van der Waals surface area contributed by atoms with Gasteiger partial charge in [0.05, 0.1) is 5.41 Å². The van der Waals surface area contributed by atoms with Crippen molar-refractivity contribution < 1.29 is 9.90 Å². The molecule has 1 aromatic carbocycles. The Bertz CT molecular complexity index is 427. The molecule has 3 heteroatoms. The molecule has 0 saturated carbocycles. The van der Waals surface area contributed by atoms with Crippen LogP contribution in [0.5, 0.6) is 0 Å². The lowest BCUT2D eigenvalue weighted by Crippen LogP contribution is -2.34. The van der Waals surface area contributed by atoms with Gasteiger partial charge in [-0.05, 0) is 58.2 Å². The van der Waals surface area contributed by atoms with Gasteiger partial charge in [-0.3, -0.25) is 4.79 Å². The van der Waals surface area contributed by atoms with Crippen molar-refractivity contribution in [3.05, 3.63) is 35.4 Å². The van der Waals surface area contributed by atoms with E-state index in [1.807, 2.05) is 6.07 Å². The zero-order valence-corrected chi connectivity index (χ0v) is 12.4. The molecule has 0 bridgehead atoms. The normalized spacial score (nSPS) is 13.3. The lowest BCUT2D eigenvalue weighted by Gasteiger charge is -2.21. The number of hydrogen-bond acceptors (Lipinski definition) is 2. The Kier molecular flexibility index (Phi) is 5.55. The molecule has 2 N–H and O–H groups in total. The SMILES string of the molecule is Cc1ccccc1CC(C)NCCC(C)(C)C(=O)O. The summed E-state index contributed by atoms with van der Waals surface area (Å²) >= 11 is 0. The Balaban J connectivity index is 2.39. The van der Waals surface area contributed by atoms with Crippen molar-refractivity contribution in [2.45, 2.75) is 46.6 Å². The first-order valence-corrected chi connectivity index (χ1v) is 6.84. The molecule has 0 aliphatic heterocycles. The predicted molar refractivity (Wildman–Crippen MR) is 78.4 cm³/mol. The van der Waals surface area contributed by atoms with Gasteiger partial charge in [-0.2, -0.15) is 0 Å². The van der Waals surface area contributed by atoms with Gasteiger partial charge in [0.2, 0.25) is 0 Å². The molecule has 1 unspecified atom stereocenters. The molecule has 0 saturated heterocycles. The third-order valence-electron chi connectivity index (χ3n) is 3.61. The summed E-state index contributed by atoms with van der Waals surface area (Å²) in [7, 11) is 0. The quantitative estimate of drug-likeness (QED) is 0.795. The Morgan fingerprint density at radius 2 is 2.00 bits per heavy atom. The van der Waals surface area contributed by atoms with Crippen LogP contribution in [0.1, 0.15) is 38.3 Å². The molecule has 0 spiro atoms. The number of carbonyl (C=O) groups is 1. The number of rotatable bonds is 7. The van der Waals surface area contributed by atoms with E-state index >= 15 is 0 Å². The van der Waals surface area contributed by atoms with E-state index in [2.05, 4.69) is 37.4 Å². The van der Waals surface area contributed by atoms with Gasteiger partial charge in [0, 0.05) is 6.04 Å². The molecule has 0 radical (unpaired) electrons. The zero-order chi connectivity index (χ0) is 14.5. The van der Waals surface area contributed by atoms with Crippen LogP contribution in [0, 0.1) is 12.3 Å². The van der Waals surface area contributed by atoms with E-state index in [9.17, 15) is 4.79 Å². The van der Waals surface area contributed by atoms with E-state index < -0.39 is 11.4 Å². The predicted octanol–water partition coefficient (Wildman–Crippen LogP) is 3.02. The lowest BCUT2D eigenvalue weighted by atomic mass is 9.89. The van der Waals surface area contributed by atoms with Crippen molar-refractivity contribution in [3.8, 4) is 0 Å². The third-order valence-corrected chi connectivity index (χ3v) is 3.61. The molecular weight excluding hydrogens is 238 g/mol. The van der Waals surface area contributed by atoms with Crippen LogP contribution in [0.15, 0.2) is 24.3 Å². The fourth-order valence-electron chi connectivity index (χ4n) is 1.98. The van der Waals surface area contributed by atoms with Crippen molar-refractivity contribution >= 4 is 5.97 Å². The lowest BCUT2D eigenvalue weighted by molar-refractivity contribution is -0.147. The van der Waals surface area contributed by atoms with E-state index in [1.165, 1.54) is 11.1 Å². The van der Waals surface area contributed by atoms with Crippen molar-refractivity contribution in [2.24, 2.45) is 5.41 Å². The van der Waals surface area contributed by atoms with Crippen LogP contribution in [-0.4, -0.2) is 23.7 Å². The van der Waals surface area contributed by atoms with Gasteiger partial charge < -0.3 is 10.4 Å². The monoisotopic (exact) mass is 263 g/mol. The van der Waals surface area contributed by atoms with Crippen LogP contribution >= 0.6 is 0 Å². The van der Waals surface area contributed by atoms with Gasteiger partial charge in [0.15, 0.2) is 0 Å². The Morgan fingerprint density at radius 1 is 1.37 bits per heavy atom. The summed E-state index contributed by atoms with van der Waals surface area (Å²) in [5.41, 5.74) is 2.00. The number of aryl methyl sites for hydroxylation is 1. The highest BCUT2D eigenvalue weighted by Gasteiger charge is 2.26. The van der Waals surface area contributed by atoms with Crippen molar-refractivity contribution in [1.29, 1.82) is 0 Å². The first-order chi connectivity index (χ1) is 8.83. The maximum atomic E-state index is 11.0. The summed E-state index contributed by atoms with van der Waals surface area (Å²) in [6.07, 6.45) is 1.61. The smallest absolute Gasteiger partial charge is 0.309 e. The molecule has 0 aromatic heterocycles. The minimum Gasteiger partial charge on any atom is -0.481 e. The van der Waals surface area contributed by atoms with Crippen molar-refractivity contribution in [2.75, 3.05) is 6.54 Å². The van der Waals surface area contributed by atoms with Gasteiger partial charge in [-0.25, -0.2) is 0 Å². The van der Waals surface area contributed by atoms with Crippen LogP contribution in [0.25, 0.3) is 0 Å². The molecule has 0 amide bonds. The van der Waals surface area contributed by atoms with Crippen LogP contribution in [-0.2, 0) is 11.2 Å². The van der Waals surface area contributed by atoms with Crippen molar-refractivity contribution in [1.82, 2.24) is 5.32 Å². The number of carboxylic acid groups (broad SMARTS) is 1. The molecule has 1 aromatic rings. The second-order valence-corrected chi connectivity index (χ2v) is 5.92. The van der Waals surface area contributed by atoms with Crippen LogP contribution in [0.3, 0.4) is 0 Å². The number of carboxylic acids is 1. The van der Waals surface area contributed by atoms with E-state index in [0.29, 0.717) is 12.5 Å². The van der Waals surface area contributed by atoms with Gasteiger partial charge >= 0.3 is 5.97 Å². The molecule has 1 rings (SSSR count). The summed E-state index contributed by atoms with van der Waals surface area (Å²) in [6, 6.07) is 8.73. The standard InChI is InChI=1S/C16H25NO2/c1-12-7-5-6-8-14(12)11-13(2)17-10-9-16(3,4)15(18)19/h5-8,13,17H,9-11H2,1-4H3,(H,18,19). The van der Waals surface area contributed by atoms with Gasteiger partial charge in [0.25, 0.3) is 0 Å². The highest BCUT2D eigenvalue weighted by Crippen LogP contribution is 2.19. The molecule has 0 heterocycles. The summed E-state index contributed by atoms with van der Waals surface area (Å²) in [5, 5.41) is 12.5. The molecule has 3 nitrogen and oxygen atoms in total.